The van der Waals surface area contributed by atoms with Crippen LogP contribution in [-0.4, -0.2) is 58.0 Å². The van der Waals surface area contributed by atoms with Crippen LogP contribution in [0.2, 0.25) is 0 Å². The van der Waals surface area contributed by atoms with E-state index in [0.717, 1.165) is 17.7 Å². The van der Waals surface area contributed by atoms with E-state index in [1.807, 2.05) is 0 Å². The zero-order valence-corrected chi connectivity index (χ0v) is 16.1. The maximum absolute atomic E-state index is 12.5. The fourth-order valence-corrected chi connectivity index (χ4v) is 4.09. The van der Waals surface area contributed by atoms with Crippen molar-refractivity contribution < 1.29 is 28.7 Å². The van der Waals surface area contributed by atoms with Gasteiger partial charge in [-0.25, -0.2) is 4.79 Å². The smallest absolute Gasteiger partial charge is 0.326 e. The molecule has 0 radical (unpaired) electrons. The van der Waals surface area contributed by atoms with E-state index in [1.54, 1.807) is 13.8 Å². The van der Waals surface area contributed by atoms with E-state index in [0.29, 0.717) is 29.7 Å². The molecule has 2 fully saturated rings. The first-order valence-corrected chi connectivity index (χ1v) is 9.19. The maximum Gasteiger partial charge on any atom is 0.326 e. The van der Waals surface area contributed by atoms with Gasteiger partial charge in [-0.15, -0.1) is 0 Å². The molecular formula is C19H23N3O6. The highest BCUT2D eigenvalue weighted by molar-refractivity contribution is 6.09. The summed E-state index contributed by atoms with van der Waals surface area (Å²) in [4.78, 5) is 64.4. The Kier molecular flexibility index (Phi) is 5.10. The SMILES string of the molecule is CC(=O)c1c(C)[nH]c(C(=O)COC(=O)CN2C(=O)NC3(CCCC3)C2=O)c1C. The Morgan fingerprint density at radius 2 is 1.79 bits per heavy atom. The number of urea groups is 1. The van der Waals surface area contributed by atoms with Gasteiger partial charge >= 0.3 is 12.0 Å². The Balaban J connectivity index is 1.60. The molecule has 9 nitrogen and oxygen atoms in total. The van der Waals surface area contributed by atoms with Gasteiger partial charge in [-0.2, -0.15) is 0 Å². The number of nitrogens with one attached hydrogen (secondary N) is 2. The molecule has 9 heteroatoms. The summed E-state index contributed by atoms with van der Waals surface area (Å²) in [5.41, 5.74) is 0.824. The van der Waals surface area contributed by atoms with Crippen LogP contribution in [-0.2, 0) is 14.3 Å². The lowest BCUT2D eigenvalue weighted by Gasteiger charge is -2.19. The molecule has 150 valence electrons. The highest BCUT2D eigenvalue weighted by atomic mass is 16.5. The van der Waals surface area contributed by atoms with Crippen molar-refractivity contribution in [1.29, 1.82) is 0 Å². The third kappa shape index (κ3) is 3.32. The second-order valence-corrected chi connectivity index (χ2v) is 7.38. The molecule has 1 aliphatic heterocycles. The van der Waals surface area contributed by atoms with Crippen molar-refractivity contribution in [2.24, 2.45) is 0 Å². The van der Waals surface area contributed by atoms with E-state index in [9.17, 15) is 24.0 Å². The predicted octanol–water partition coefficient (Wildman–Crippen LogP) is 1.42. The van der Waals surface area contributed by atoms with Gasteiger partial charge in [-0.3, -0.25) is 24.1 Å². The molecule has 1 aromatic heterocycles. The number of Topliss-reactive ketones (excluding diaryl/α,β-unsaturated/α-hetero) is 2. The van der Waals surface area contributed by atoms with Crippen molar-refractivity contribution in [2.75, 3.05) is 13.2 Å². The minimum Gasteiger partial charge on any atom is -0.456 e. The van der Waals surface area contributed by atoms with Crippen LogP contribution in [0.5, 0.6) is 0 Å². The summed E-state index contributed by atoms with van der Waals surface area (Å²) in [6.45, 7) is 3.64. The number of carbonyl (C=O) groups is 5. The number of H-pyrrole nitrogens is 1. The molecule has 1 aromatic rings. The number of ether oxygens (including phenoxy) is 1. The van der Waals surface area contributed by atoms with Crippen LogP contribution in [0.15, 0.2) is 0 Å². The highest BCUT2D eigenvalue weighted by Gasteiger charge is 2.52. The van der Waals surface area contributed by atoms with Crippen LogP contribution in [0, 0.1) is 13.8 Å². The third-order valence-electron chi connectivity index (χ3n) is 5.42. The van der Waals surface area contributed by atoms with E-state index < -0.39 is 42.4 Å². The van der Waals surface area contributed by atoms with Gasteiger partial charge in [-0.05, 0) is 39.2 Å². The molecule has 2 N–H and O–H groups in total. The third-order valence-corrected chi connectivity index (χ3v) is 5.42. The molecule has 2 heterocycles. The molecule has 0 unspecified atom stereocenters. The standard InChI is InChI=1S/C19H23N3O6/c1-10-15(12(3)23)11(2)20-16(10)13(24)9-28-14(25)8-22-17(26)19(21-18(22)27)6-4-5-7-19/h20H,4-9H2,1-3H3,(H,21,27). The van der Waals surface area contributed by atoms with E-state index in [2.05, 4.69) is 10.3 Å². The number of carbonyl (C=O) groups excluding carboxylic acids is 5. The Bertz CT molecular complexity index is 878. The first kappa shape index (κ1) is 19.8. The quantitative estimate of drug-likeness (QED) is 0.431. The monoisotopic (exact) mass is 389 g/mol. The Morgan fingerprint density at radius 1 is 1.14 bits per heavy atom. The first-order chi connectivity index (χ1) is 13.2. The molecule has 0 bridgehead atoms. The normalized spacial score (nSPS) is 17.9. The number of aryl methyl sites for hydroxylation is 1. The van der Waals surface area contributed by atoms with Gasteiger partial charge in [0.25, 0.3) is 5.91 Å². The minimum absolute atomic E-state index is 0.165. The molecule has 1 saturated carbocycles. The second kappa shape index (κ2) is 7.21. The lowest BCUT2D eigenvalue weighted by atomic mass is 9.98. The van der Waals surface area contributed by atoms with E-state index in [1.165, 1.54) is 6.92 Å². The number of imide groups is 1. The van der Waals surface area contributed by atoms with Crippen LogP contribution in [0.1, 0.15) is 64.7 Å². The van der Waals surface area contributed by atoms with Crippen molar-refractivity contribution in [3.8, 4) is 0 Å². The molecule has 3 amide bonds. The number of aromatic nitrogens is 1. The number of amides is 3. The van der Waals surface area contributed by atoms with Gasteiger partial charge in [0, 0.05) is 11.3 Å². The fourth-order valence-electron chi connectivity index (χ4n) is 4.09. The zero-order chi connectivity index (χ0) is 20.6. The van der Waals surface area contributed by atoms with Crippen LogP contribution in [0.3, 0.4) is 0 Å². The van der Waals surface area contributed by atoms with Gasteiger partial charge in [0.05, 0.1) is 5.69 Å². The van der Waals surface area contributed by atoms with Crippen LogP contribution < -0.4 is 5.32 Å². The number of esters is 1. The average molecular weight is 389 g/mol. The minimum atomic E-state index is -0.894. The summed E-state index contributed by atoms with van der Waals surface area (Å²) in [5, 5.41) is 2.68. The first-order valence-electron chi connectivity index (χ1n) is 9.19. The number of ketones is 2. The summed E-state index contributed by atoms with van der Waals surface area (Å²) >= 11 is 0. The highest BCUT2D eigenvalue weighted by Crippen LogP contribution is 2.34. The summed E-state index contributed by atoms with van der Waals surface area (Å²) < 4.78 is 4.97. The van der Waals surface area contributed by atoms with Gasteiger partial charge in [0.15, 0.2) is 12.4 Å². The Labute approximate surface area is 161 Å². The predicted molar refractivity (Wildman–Crippen MR) is 97.0 cm³/mol. The van der Waals surface area contributed by atoms with E-state index >= 15 is 0 Å². The number of aromatic amines is 1. The molecule has 1 aliphatic carbocycles. The van der Waals surface area contributed by atoms with Crippen LogP contribution in [0.4, 0.5) is 4.79 Å². The van der Waals surface area contributed by atoms with Gasteiger partial charge in [0.1, 0.15) is 12.1 Å². The van der Waals surface area contributed by atoms with Crippen LogP contribution in [0.25, 0.3) is 0 Å². The van der Waals surface area contributed by atoms with Crippen molar-refractivity contribution in [3.63, 3.8) is 0 Å². The van der Waals surface area contributed by atoms with Gasteiger partial charge in [-0.1, -0.05) is 12.8 Å². The van der Waals surface area contributed by atoms with Crippen LogP contribution >= 0.6 is 0 Å². The molecule has 0 atom stereocenters. The largest absolute Gasteiger partial charge is 0.456 e. The number of rotatable bonds is 6. The van der Waals surface area contributed by atoms with E-state index in [4.69, 9.17) is 4.74 Å². The van der Waals surface area contributed by atoms with Gasteiger partial charge in [0.2, 0.25) is 5.78 Å². The zero-order valence-electron chi connectivity index (χ0n) is 16.1. The molecule has 3 rings (SSSR count). The molecule has 1 spiro atoms. The number of hydrogen-bond acceptors (Lipinski definition) is 6. The molecule has 28 heavy (non-hydrogen) atoms. The number of hydrogen-bond donors (Lipinski definition) is 2. The van der Waals surface area contributed by atoms with Crippen molar-refractivity contribution in [2.45, 2.75) is 52.0 Å². The Morgan fingerprint density at radius 3 is 2.36 bits per heavy atom. The van der Waals surface area contributed by atoms with Crippen molar-refractivity contribution in [1.82, 2.24) is 15.2 Å². The lowest BCUT2D eigenvalue weighted by molar-refractivity contribution is -0.146. The molecule has 0 aromatic carbocycles. The van der Waals surface area contributed by atoms with Gasteiger partial charge < -0.3 is 15.0 Å². The van der Waals surface area contributed by atoms with Crippen molar-refractivity contribution in [3.05, 3.63) is 22.5 Å². The fraction of sp³-hybridized carbons (Fsp3) is 0.526. The topological polar surface area (TPSA) is 126 Å². The van der Waals surface area contributed by atoms with E-state index in [-0.39, 0.29) is 11.5 Å². The maximum atomic E-state index is 12.5. The molecular weight excluding hydrogens is 366 g/mol. The summed E-state index contributed by atoms with van der Waals surface area (Å²) in [5.74, 6) is -1.92. The molecule has 2 aliphatic rings. The van der Waals surface area contributed by atoms with Crippen molar-refractivity contribution >= 4 is 29.5 Å². The second-order valence-electron chi connectivity index (χ2n) is 7.38. The number of nitrogens with zero attached hydrogens (tertiary/aromatic N) is 1. The molecule has 1 saturated heterocycles. The Hall–Kier alpha value is -2.97. The summed E-state index contributed by atoms with van der Waals surface area (Å²) in [7, 11) is 0. The summed E-state index contributed by atoms with van der Waals surface area (Å²) in [6.07, 6.45) is 2.81. The average Bonchev–Trinajstić information content (AvgIpc) is 3.27. The lowest BCUT2D eigenvalue weighted by Crippen LogP contribution is -2.44. The summed E-state index contributed by atoms with van der Waals surface area (Å²) in [6, 6.07) is -0.614.